The first-order chi connectivity index (χ1) is 8.43. The van der Waals surface area contributed by atoms with E-state index >= 15 is 0 Å². The van der Waals surface area contributed by atoms with Crippen molar-refractivity contribution in [2.24, 2.45) is 0 Å². The summed E-state index contributed by atoms with van der Waals surface area (Å²) in [5.41, 5.74) is 0. The number of hydrogen-bond donors (Lipinski definition) is 1. The second-order valence-electron chi connectivity index (χ2n) is 4.57. The van der Waals surface area contributed by atoms with Crippen LogP contribution in [-0.2, 0) is 24.2 Å². The lowest BCUT2D eigenvalue weighted by Crippen LogP contribution is -2.36. The number of ether oxygens (including phenoxy) is 1. The summed E-state index contributed by atoms with van der Waals surface area (Å²) in [5, 5.41) is 12.0. The molecule has 17 heavy (non-hydrogen) atoms. The Kier molecular flexibility index (Phi) is 3.35. The fourth-order valence-electron chi connectivity index (χ4n) is 2.41. The lowest BCUT2D eigenvalue weighted by Gasteiger charge is -2.26. The third kappa shape index (κ3) is 2.48. The van der Waals surface area contributed by atoms with Crippen LogP contribution in [-0.4, -0.2) is 59.1 Å². The van der Waals surface area contributed by atoms with Crippen molar-refractivity contribution in [3.63, 3.8) is 0 Å². The van der Waals surface area contributed by atoms with Crippen LogP contribution in [0, 0.1) is 0 Å². The van der Waals surface area contributed by atoms with Gasteiger partial charge in [0.1, 0.15) is 11.6 Å². The molecular weight excluding hydrogens is 218 g/mol. The van der Waals surface area contributed by atoms with E-state index in [9.17, 15) is 0 Å². The Morgan fingerprint density at radius 3 is 2.88 bits per heavy atom. The largest absolute Gasteiger partial charge is 0.379 e. The predicted octanol–water partition coefficient (Wildman–Crippen LogP) is -0.744. The third-order valence-corrected chi connectivity index (χ3v) is 3.41. The number of aromatic nitrogens is 3. The predicted molar refractivity (Wildman–Crippen MR) is 62.7 cm³/mol. The fraction of sp³-hybridized carbons (Fsp3) is 0.818. The number of rotatable bonds is 2. The topological polar surface area (TPSA) is 55.2 Å². The van der Waals surface area contributed by atoms with Gasteiger partial charge in [0.05, 0.1) is 19.8 Å². The number of morpholine rings is 1. The molecule has 0 atom stereocenters. The van der Waals surface area contributed by atoms with E-state index in [4.69, 9.17) is 4.74 Å². The first-order valence-corrected chi connectivity index (χ1v) is 6.35. The molecule has 1 N–H and O–H groups in total. The van der Waals surface area contributed by atoms with Crippen molar-refractivity contribution in [3.05, 3.63) is 11.6 Å². The minimum Gasteiger partial charge on any atom is -0.379 e. The molecule has 0 radical (unpaired) electrons. The van der Waals surface area contributed by atoms with Gasteiger partial charge in [0.15, 0.2) is 0 Å². The van der Waals surface area contributed by atoms with Crippen LogP contribution in [0.2, 0.25) is 0 Å². The molecule has 6 heteroatoms. The molecule has 2 aliphatic heterocycles. The lowest BCUT2D eigenvalue weighted by molar-refractivity contribution is 0.0325. The van der Waals surface area contributed by atoms with Gasteiger partial charge in [0.2, 0.25) is 0 Å². The molecule has 2 aliphatic rings. The summed E-state index contributed by atoms with van der Waals surface area (Å²) in [6.45, 7) is 7.58. The molecule has 0 saturated carbocycles. The first-order valence-electron chi connectivity index (χ1n) is 6.35. The van der Waals surface area contributed by atoms with Gasteiger partial charge in [-0.05, 0) is 0 Å². The van der Waals surface area contributed by atoms with E-state index in [1.165, 1.54) is 0 Å². The van der Waals surface area contributed by atoms with Crippen molar-refractivity contribution in [1.29, 1.82) is 0 Å². The molecule has 1 aromatic rings. The molecule has 3 heterocycles. The van der Waals surface area contributed by atoms with Gasteiger partial charge in [0.25, 0.3) is 0 Å². The second kappa shape index (κ2) is 5.12. The molecule has 1 fully saturated rings. The zero-order valence-corrected chi connectivity index (χ0v) is 10.1. The van der Waals surface area contributed by atoms with Gasteiger partial charge in [-0.3, -0.25) is 4.90 Å². The van der Waals surface area contributed by atoms with Crippen molar-refractivity contribution in [1.82, 2.24) is 25.0 Å². The van der Waals surface area contributed by atoms with Gasteiger partial charge in [-0.2, -0.15) is 0 Å². The molecule has 0 spiro atoms. The molecule has 0 aromatic carbocycles. The molecular formula is C11H19N5O. The highest BCUT2D eigenvalue weighted by Gasteiger charge is 2.18. The molecule has 0 amide bonds. The summed E-state index contributed by atoms with van der Waals surface area (Å²) in [4.78, 5) is 2.39. The summed E-state index contributed by atoms with van der Waals surface area (Å²) in [6, 6.07) is 0. The van der Waals surface area contributed by atoms with Crippen LogP contribution < -0.4 is 5.32 Å². The molecule has 0 unspecified atom stereocenters. The number of hydrogen-bond acceptors (Lipinski definition) is 5. The monoisotopic (exact) mass is 237 g/mol. The van der Waals surface area contributed by atoms with E-state index in [0.717, 1.165) is 70.6 Å². The van der Waals surface area contributed by atoms with Crippen LogP contribution in [0.5, 0.6) is 0 Å². The van der Waals surface area contributed by atoms with Crippen molar-refractivity contribution < 1.29 is 4.74 Å². The summed E-state index contributed by atoms with van der Waals surface area (Å²) in [6.07, 6.45) is 0.982. The van der Waals surface area contributed by atoms with E-state index in [2.05, 4.69) is 25.0 Å². The van der Waals surface area contributed by atoms with Crippen LogP contribution >= 0.6 is 0 Å². The van der Waals surface area contributed by atoms with Crippen molar-refractivity contribution in [3.8, 4) is 0 Å². The Labute approximate surface area is 101 Å². The highest BCUT2D eigenvalue weighted by Crippen LogP contribution is 2.09. The molecule has 1 saturated heterocycles. The van der Waals surface area contributed by atoms with Crippen molar-refractivity contribution >= 4 is 0 Å². The maximum Gasteiger partial charge on any atom is 0.147 e. The normalized spacial score (nSPS) is 22.1. The molecule has 0 bridgehead atoms. The zero-order valence-electron chi connectivity index (χ0n) is 10.1. The van der Waals surface area contributed by atoms with Crippen molar-refractivity contribution in [2.45, 2.75) is 19.5 Å². The minimum atomic E-state index is 0.836. The summed E-state index contributed by atoms with van der Waals surface area (Å²) in [5.74, 6) is 2.23. The summed E-state index contributed by atoms with van der Waals surface area (Å²) >= 11 is 0. The van der Waals surface area contributed by atoms with E-state index in [1.54, 1.807) is 0 Å². The first kappa shape index (κ1) is 11.1. The van der Waals surface area contributed by atoms with E-state index < -0.39 is 0 Å². The molecule has 6 nitrogen and oxygen atoms in total. The SMILES string of the molecule is C1Cc2nnc(CN3CCOCC3)n2CCN1. The highest BCUT2D eigenvalue weighted by atomic mass is 16.5. The third-order valence-electron chi connectivity index (χ3n) is 3.41. The Morgan fingerprint density at radius 1 is 1.12 bits per heavy atom. The minimum absolute atomic E-state index is 0.836. The number of fused-ring (bicyclic) bond motifs is 1. The highest BCUT2D eigenvalue weighted by molar-refractivity contribution is 4.98. The zero-order chi connectivity index (χ0) is 11.5. The van der Waals surface area contributed by atoms with E-state index in [1.807, 2.05) is 0 Å². The molecule has 3 rings (SSSR count). The van der Waals surface area contributed by atoms with Crippen LogP contribution in [0.25, 0.3) is 0 Å². The van der Waals surface area contributed by atoms with Gasteiger partial charge < -0.3 is 14.6 Å². The van der Waals surface area contributed by atoms with Gasteiger partial charge >= 0.3 is 0 Å². The maximum absolute atomic E-state index is 5.36. The van der Waals surface area contributed by atoms with Crippen LogP contribution in [0.3, 0.4) is 0 Å². The van der Waals surface area contributed by atoms with Gasteiger partial charge in [-0.25, -0.2) is 0 Å². The quantitative estimate of drug-likeness (QED) is 0.734. The van der Waals surface area contributed by atoms with Crippen LogP contribution in [0.1, 0.15) is 11.6 Å². The summed E-state index contributed by atoms with van der Waals surface area (Å²) in [7, 11) is 0. The maximum atomic E-state index is 5.36. The average Bonchev–Trinajstić information content (AvgIpc) is 2.61. The second-order valence-corrected chi connectivity index (χ2v) is 4.57. The standard InChI is InChI=1S/C11H19N5O/c1-2-12-3-4-16-10(1)13-14-11(16)9-15-5-7-17-8-6-15/h12H,1-9H2. The van der Waals surface area contributed by atoms with Gasteiger partial charge in [0, 0.05) is 39.1 Å². The molecule has 94 valence electrons. The lowest BCUT2D eigenvalue weighted by atomic mass is 10.4. The Bertz CT molecular complexity index is 372. The molecule has 1 aromatic heterocycles. The van der Waals surface area contributed by atoms with Crippen LogP contribution in [0.15, 0.2) is 0 Å². The smallest absolute Gasteiger partial charge is 0.147 e. The number of nitrogens with one attached hydrogen (secondary N) is 1. The van der Waals surface area contributed by atoms with Gasteiger partial charge in [-0.1, -0.05) is 0 Å². The van der Waals surface area contributed by atoms with Crippen LogP contribution in [0.4, 0.5) is 0 Å². The number of nitrogens with zero attached hydrogens (tertiary/aromatic N) is 4. The Hall–Kier alpha value is -0.980. The Balaban J connectivity index is 1.71. The average molecular weight is 237 g/mol. The van der Waals surface area contributed by atoms with Crippen molar-refractivity contribution in [2.75, 3.05) is 39.4 Å². The Morgan fingerprint density at radius 2 is 2.00 bits per heavy atom. The van der Waals surface area contributed by atoms with E-state index in [0.29, 0.717) is 0 Å². The fourth-order valence-corrected chi connectivity index (χ4v) is 2.41. The van der Waals surface area contributed by atoms with Gasteiger partial charge in [-0.15, -0.1) is 10.2 Å². The van der Waals surface area contributed by atoms with E-state index in [-0.39, 0.29) is 0 Å². The summed E-state index contributed by atoms with van der Waals surface area (Å²) < 4.78 is 7.63. The molecule has 0 aliphatic carbocycles.